The third kappa shape index (κ3) is 6.02. The van der Waals surface area contributed by atoms with Gasteiger partial charge < -0.3 is 14.6 Å². The first-order valence-electron chi connectivity index (χ1n) is 9.25. The van der Waals surface area contributed by atoms with Gasteiger partial charge in [-0.15, -0.1) is 10.2 Å². The number of thioether (sulfide) groups is 1. The van der Waals surface area contributed by atoms with Crippen LogP contribution in [0, 0.1) is 5.82 Å². The van der Waals surface area contributed by atoms with Gasteiger partial charge in [0.15, 0.2) is 9.84 Å². The Morgan fingerprint density at radius 2 is 2.03 bits per heavy atom. The molecular weight excluding hydrogens is 435 g/mol. The molecular formula is C18H21FN4O5S2. The summed E-state index contributed by atoms with van der Waals surface area (Å²) in [5, 5.41) is 10.6. The van der Waals surface area contributed by atoms with Crippen molar-refractivity contribution >= 4 is 33.4 Å². The van der Waals surface area contributed by atoms with Gasteiger partial charge in [-0.3, -0.25) is 9.59 Å². The topological polar surface area (TPSA) is 122 Å². The molecule has 9 nitrogen and oxygen atoms in total. The van der Waals surface area contributed by atoms with Gasteiger partial charge in [0.2, 0.25) is 17.7 Å². The first-order valence-corrected chi connectivity index (χ1v) is 12.1. The molecule has 1 N–H and O–H groups in total. The van der Waals surface area contributed by atoms with Gasteiger partial charge in [0.1, 0.15) is 5.82 Å². The first kappa shape index (κ1) is 22.2. The van der Waals surface area contributed by atoms with Crippen LogP contribution in [-0.2, 0) is 19.4 Å². The van der Waals surface area contributed by atoms with Crippen LogP contribution in [0.25, 0.3) is 11.5 Å². The third-order valence-corrected chi connectivity index (χ3v) is 7.05. The normalized spacial score (nSPS) is 17.6. The lowest BCUT2D eigenvalue weighted by Gasteiger charge is -2.21. The lowest BCUT2D eigenvalue weighted by Crippen LogP contribution is -2.45. The molecule has 2 heterocycles. The number of rotatable bonds is 8. The molecule has 0 aliphatic carbocycles. The van der Waals surface area contributed by atoms with Crippen LogP contribution in [0.5, 0.6) is 0 Å². The minimum atomic E-state index is -3.09. The Morgan fingerprint density at radius 1 is 1.30 bits per heavy atom. The smallest absolute Gasteiger partial charge is 0.277 e. The zero-order chi connectivity index (χ0) is 21.7. The number of carbonyl (C=O) groups excluding carboxylic acids is 2. The Labute approximate surface area is 177 Å². The minimum absolute atomic E-state index is 0.00994. The van der Waals surface area contributed by atoms with E-state index in [2.05, 4.69) is 15.5 Å². The van der Waals surface area contributed by atoms with Crippen molar-refractivity contribution in [1.82, 2.24) is 20.4 Å². The largest absolute Gasteiger partial charge is 0.411 e. The molecule has 1 atom stereocenters. The van der Waals surface area contributed by atoms with Crippen molar-refractivity contribution in [2.45, 2.75) is 24.6 Å². The fourth-order valence-corrected chi connectivity index (χ4v) is 5.26. The Hall–Kier alpha value is -2.47. The number of carbonyl (C=O) groups is 2. The van der Waals surface area contributed by atoms with Gasteiger partial charge in [0.05, 0.1) is 23.8 Å². The van der Waals surface area contributed by atoms with Gasteiger partial charge >= 0.3 is 0 Å². The van der Waals surface area contributed by atoms with Crippen molar-refractivity contribution in [3.05, 3.63) is 30.1 Å². The number of likely N-dealkylation sites (N-methyl/N-ethyl adjacent to an activating group) is 1. The second kappa shape index (κ2) is 9.56. The molecule has 2 aromatic rings. The maximum absolute atomic E-state index is 13.0. The summed E-state index contributed by atoms with van der Waals surface area (Å²) in [6.45, 7) is 1.91. The van der Waals surface area contributed by atoms with E-state index in [0.717, 1.165) is 11.8 Å². The van der Waals surface area contributed by atoms with E-state index in [4.69, 9.17) is 4.42 Å². The summed E-state index contributed by atoms with van der Waals surface area (Å²) in [5.41, 5.74) is 0.558. The van der Waals surface area contributed by atoms with Crippen molar-refractivity contribution in [3.63, 3.8) is 0 Å². The number of nitrogens with one attached hydrogen (secondary N) is 1. The van der Waals surface area contributed by atoms with E-state index in [9.17, 15) is 22.4 Å². The molecule has 2 amide bonds. The van der Waals surface area contributed by atoms with E-state index < -0.39 is 21.8 Å². The van der Waals surface area contributed by atoms with Crippen LogP contribution in [0.2, 0.25) is 0 Å². The fraction of sp³-hybridized carbons (Fsp3) is 0.444. The highest BCUT2D eigenvalue weighted by molar-refractivity contribution is 7.99. The molecule has 0 saturated carbocycles. The molecule has 3 rings (SSSR count). The Morgan fingerprint density at radius 3 is 2.67 bits per heavy atom. The number of hydrogen-bond donors (Lipinski definition) is 1. The Balaban J connectivity index is 1.49. The number of nitrogens with zero attached hydrogens (tertiary/aromatic N) is 3. The number of halogens is 1. The predicted octanol–water partition coefficient (Wildman–Crippen LogP) is 1.12. The van der Waals surface area contributed by atoms with Gasteiger partial charge in [-0.05, 0) is 37.6 Å². The fourth-order valence-electron chi connectivity index (χ4n) is 2.92. The molecule has 0 radical (unpaired) electrons. The molecule has 0 unspecified atom stereocenters. The van der Waals surface area contributed by atoms with Crippen molar-refractivity contribution in [1.29, 1.82) is 0 Å². The van der Waals surface area contributed by atoms with E-state index in [0.29, 0.717) is 18.5 Å². The molecule has 0 bridgehead atoms. The lowest BCUT2D eigenvalue weighted by molar-refractivity contribution is -0.134. The number of sulfone groups is 1. The summed E-state index contributed by atoms with van der Waals surface area (Å²) in [6, 6.07) is 5.17. The molecule has 1 fully saturated rings. The molecule has 30 heavy (non-hydrogen) atoms. The van der Waals surface area contributed by atoms with E-state index in [1.807, 2.05) is 0 Å². The van der Waals surface area contributed by atoms with Crippen molar-refractivity contribution in [2.24, 2.45) is 0 Å². The van der Waals surface area contributed by atoms with Crippen LogP contribution in [-0.4, -0.2) is 71.7 Å². The molecule has 1 aromatic carbocycles. The quantitative estimate of drug-likeness (QED) is 0.587. The van der Waals surface area contributed by atoms with Crippen molar-refractivity contribution < 1.29 is 26.8 Å². The standard InChI is InChI=1S/C18H21FN4O5S2/c1-2-23(9-15(24)20-14-7-8-30(26,27)11-14)16(25)10-29-18-22-21-17(28-18)12-3-5-13(19)6-4-12/h3-6,14H,2,7-11H2,1H3,(H,20,24)/t14-/m0/s1. The number of benzene rings is 1. The monoisotopic (exact) mass is 456 g/mol. The van der Waals surface area contributed by atoms with Gasteiger partial charge in [-0.1, -0.05) is 11.8 Å². The predicted molar refractivity (Wildman–Crippen MR) is 108 cm³/mol. The summed E-state index contributed by atoms with van der Waals surface area (Å²) in [7, 11) is -3.09. The van der Waals surface area contributed by atoms with Crippen LogP contribution in [0.15, 0.2) is 33.9 Å². The van der Waals surface area contributed by atoms with E-state index in [1.54, 1.807) is 6.92 Å². The minimum Gasteiger partial charge on any atom is -0.411 e. The van der Waals surface area contributed by atoms with Crippen LogP contribution < -0.4 is 5.32 Å². The summed E-state index contributed by atoms with van der Waals surface area (Å²) < 4.78 is 41.4. The highest BCUT2D eigenvalue weighted by Gasteiger charge is 2.29. The zero-order valence-electron chi connectivity index (χ0n) is 16.2. The second-order valence-electron chi connectivity index (χ2n) is 6.74. The summed E-state index contributed by atoms with van der Waals surface area (Å²) in [5.74, 6) is -0.867. The summed E-state index contributed by atoms with van der Waals surface area (Å²) in [4.78, 5) is 26.0. The van der Waals surface area contributed by atoms with Gasteiger partial charge in [0, 0.05) is 18.2 Å². The average molecular weight is 457 g/mol. The van der Waals surface area contributed by atoms with Crippen LogP contribution in [0.1, 0.15) is 13.3 Å². The van der Waals surface area contributed by atoms with Gasteiger partial charge in [-0.2, -0.15) is 0 Å². The average Bonchev–Trinajstić information content (AvgIpc) is 3.31. The first-order chi connectivity index (χ1) is 14.3. The third-order valence-electron chi connectivity index (χ3n) is 4.48. The SMILES string of the molecule is CCN(CC(=O)N[C@H]1CCS(=O)(=O)C1)C(=O)CSc1nnc(-c2ccc(F)cc2)o1. The Bertz CT molecular complexity index is 1010. The van der Waals surface area contributed by atoms with Crippen molar-refractivity contribution in [2.75, 3.05) is 30.3 Å². The van der Waals surface area contributed by atoms with Gasteiger partial charge in [0.25, 0.3) is 5.22 Å². The zero-order valence-corrected chi connectivity index (χ0v) is 17.8. The van der Waals surface area contributed by atoms with E-state index >= 15 is 0 Å². The van der Waals surface area contributed by atoms with E-state index in [-0.39, 0.29) is 46.6 Å². The molecule has 12 heteroatoms. The number of aromatic nitrogens is 2. The highest BCUT2D eigenvalue weighted by atomic mass is 32.2. The highest BCUT2D eigenvalue weighted by Crippen LogP contribution is 2.23. The molecule has 1 aromatic heterocycles. The van der Waals surface area contributed by atoms with Crippen molar-refractivity contribution in [3.8, 4) is 11.5 Å². The van der Waals surface area contributed by atoms with Crippen LogP contribution >= 0.6 is 11.8 Å². The van der Waals surface area contributed by atoms with Crippen LogP contribution in [0.3, 0.4) is 0 Å². The second-order valence-corrected chi connectivity index (χ2v) is 9.90. The molecule has 1 saturated heterocycles. The maximum Gasteiger partial charge on any atom is 0.277 e. The molecule has 1 aliphatic rings. The summed E-state index contributed by atoms with van der Waals surface area (Å²) >= 11 is 1.03. The lowest BCUT2D eigenvalue weighted by atomic mass is 10.2. The summed E-state index contributed by atoms with van der Waals surface area (Å²) in [6.07, 6.45) is 0.386. The Kier molecular flexibility index (Phi) is 7.08. The number of amides is 2. The molecule has 162 valence electrons. The maximum atomic E-state index is 13.0. The number of hydrogen-bond acceptors (Lipinski definition) is 8. The van der Waals surface area contributed by atoms with E-state index in [1.165, 1.54) is 29.2 Å². The molecule has 1 aliphatic heterocycles. The van der Waals surface area contributed by atoms with Crippen LogP contribution in [0.4, 0.5) is 4.39 Å². The van der Waals surface area contributed by atoms with Gasteiger partial charge in [-0.25, -0.2) is 12.8 Å². The molecule has 0 spiro atoms.